The average molecular weight is 304 g/mol. The smallest absolute Gasteiger partial charge is 0.305 e. The van der Waals surface area contributed by atoms with Crippen LogP contribution < -0.4 is 0 Å². The number of esters is 1. The number of cyclic esters (lactones) is 1. The fraction of sp³-hybridized carbons (Fsp3) is 0.632. The highest BCUT2D eigenvalue weighted by molar-refractivity contribution is 5.69. The van der Waals surface area contributed by atoms with Gasteiger partial charge in [0.1, 0.15) is 0 Å². The number of hydrogen-bond acceptors (Lipinski definition) is 3. The third-order valence-electron chi connectivity index (χ3n) is 4.68. The molecule has 0 amide bonds. The van der Waals surface area contributed by atoms with Crippen LogP contribution >= 0.6 is 0 Å². The lowest BCUT2D eigenvalue weighted by atomic mass is 9.79. The molecular formula is C19H28O3. The summed E-state index contributed by atoms with van der Waals surface area (Å²) < 4.78 is 10.9. The van der Waals surface area contributed by atoms with E-state index < -0.39 is 0 Å². The number of aryl methyl sites for hydroxylation is 1. The van der Waals surface area contributed by atoms with E-state index in [9.17, 15) is 4.79 Å². The third kappa shape index (κ3) is 4.84. The van der Waals surface area contributed by atoms with Gasteiger partial charge in [-0.3, -0.25) is 4.79 Å². The summed E-state index contributed by atoms with van der Waals surface area (Å²) in [5, 5.41) is 0. The van der Waals surface area contributed by atoms with Crippen molar-refractivity contribution in [3.8, 4) is 0 Å². The first kappa shape index (κ1) is 17.0. The van der Waals surface area contributed by atoms with E-state index in [1.54, 1.807) is 7.11 Å². The Morgan fingerprint density at radius 1 is 1.23 bits per heavy atom. The Labute approximate surface area is 134 Å². The predicted octanol–water partition coefficient (Wildman–Crippen LogP) is 4.03. The molecule has 0 saturated carbocycles. The predicted molar refractivity (Wildman–Crippen MR) is 88.0 cm³/mol. The quantitative estimate of drug-likeness (QED) is 0.735. The highest BCUT2D eigenvalue weighted by Gasteiger charge is 2.23. The Morgan fingerprint density at radius 2 is 2.05 bits per heavy atom. The minimum Gasteiger partial charge on any atom is -0.466 e. The van der Waals surface area contributed by atoms with Crippen molar-refractivity contribution in [2.45, 2.75) is 63.9 Å². The van der Waals surface area contributed by atoms with Crippen LogP contribution in [0.1, 0.15) is 57.1 Å². The van der Waals surface area contributed by atoms with Crippen molar-refractivity contribution in [3.05, 3.63) is 35.4 Å². The van der Waals surface area contributed by atoms with Gasteiger partial charge in [-0.1, -0.05) is 38.1 Å². The first-order chi connectivity index (χ1) is 10.5. The van der Waals surface area contributed by atoms with Crippen LogP contribution in [0.3, 0.4) is 0 Å². The van der Waals surface area contributed by atoms with Gasteiger partial charge in [-0.2, -0.15) is 0 Å². The maximum atomic E-state index is 11.7. The van der Waals surface area contributed by atoms with Gasteiger partial charge >= 0.3 is 5.97 Å². The molecular weight excluding hydrogens is 276 g/mol. The molecule has 3 heteroatoms. The van der Waals surface area contributed by atoms with Gasteiger partial charge in [0.15, 0.2) is 0 Å². The summed E-state index contributed by atoms with van der Waals surface area (Å²) in [5.41, 5.74) is 2.81. The van der Waals surface area contributed by atoms with Gasteiger partial charge in [0.25, 0.3) is 0 Å². The number of ether oxygens (including phenoxy) is 2. The average Bonchev–Trinajstić information content (AvgIpc) is 2.50. The van der Waals surface area contributed by atoms with E-state index >= 15 is 0 Å². The molecule has 0 aliphatic carbocycles. The van der Waals surface area contributed by atoms with Crippen molar-refractivity contribution in [3.63, 3.8) is 0 Å². The lowest BCUT2D eigenvalue weighted by Gasteiger charge is -2.28. The molecule has 0 saturated heterocycles. The van der Waals surface area contributed by atoms with E-state index in [1.807, 2.05) is 0 Å². The van der Waals surface area contributed by atoms with E-state index in [-0.39, 0.29) is 17.5 Å². The van der Waals surface area contributed by atoms with Crippen LogP contribution in [0, 0.1) is 0 Å². The maximum absolute atomic E-state index is 11.7. The topological polar surface area (TPSA) is 35.5 Å². The van der Waals surface area contributed by atoms with Crippen molar-refractivity contribution in [1.29, 1.82) is 0 Å². The minimum absolute atomic E-state index is 0.0941. The van der Waals surface area contributed by atoms with Gasteiger partial charge in [0, 0.05) is 20.0 Å². The number of methoxy groups -OCH3 is 1. The van der Waals surface area contributed by atoms with Crippen LogP contribution in [-0.4, -0.2) is 25.8 Å². The van der Waals surface area contributed by atoms with Crippen LogP contribution in [0.15, 0.2) is 24.3 Å². The van der Waals surface area contributed by atoms with Crippen molar-refractivity contribution in [2.75, 3.05) is 13.7 Å². The van der Waals surface area contributed by atoms with Crippen molar-refractivity contribution in [2.24, 2.45) is 0 Å². The summed E-state index contributed by atoms with van der Waals surface area (Å²) in [5.74, 6) is -0.0941. The molecule has 2 bridgehead atoms. The van der Waals surface area contributed by atoms with Crippen LogP contribution in [0.25, 0.3) is 0 Å². The zero-order valence-electron chi connectivity index (χ0n) is 14.1. The van der Waals surface area contributed by atoms with E-state index in [0.717, 1.165) is 32.1 Å². The summed E-state index contributed by atoms with van der Waals surface area (Å²) >= 11 is 0. The van der Waals surface area contributed by atoms with Crippen LogP contribution in [-0.2, 0) is 26.1 Å². The Kier molecular flexibility index (Phi) is 6.01. The lowest BCUT2D eigenvalue weighted by molar-refractivity contribution is -0.144. The second kappa shape index (κ2) is 7.77. The van der Waals surface area contributed by atoms with Crippen LogP contribution in [0.5, 0.6) is 0 Å². The fourth-order valence-electron chi connectivity index (χ4n) is 3.01. The Morgan fingerprint density at radius 3 is 2.82 bits per heavy atom. The van der Waals surface area contributed by atoms with Crippen molar-refractivity contribution in [1.82, 2.24) is 0 Å². The van der Waals surface area contributed by atoms with Gasteiger partial charge < -0.3 is 9.47 Å². The zero-order valence-corrected chi connectivity index (χ0v) is 14.1. The maximum Gasteiger partial charge on any atom is 0.305 e. The highest BCUT2D eigenvalue weighted by atomic mass is 16.5. The Bertz CT molecular complexity index is 493. The fourth-order valence-corrected chi connectivity index (χ4v) is 3.01. The molecule has 2 rings (SSSR count). The van der Waals surface area contributed by atoms with Crippen LogP contribution in [0.4, 0.5) is 0 Å². The van der Waals surface area contributed by atoms with Gasteiger partial charge in [-0.15, -0.1) is 0 Å². The zero-order chi connectivity index (χ0) is 16.0. The number of carbonyl (C=O) groups is 1. The number of benzene rings is 1. The monoisotopic (exact) mass is 304 g/mol. The standard InChI is InChI=1S/C19H28O3/c1-19(2)12-10-17(21-3)11-13-22-18(20)9-5-7-15-6-4-8-16(19)14-15/h4,6,8,14,17H,5,7,9-13H2,1-3H3. The normalized spacial score (nSPS) is 23.4. The first-order valence-electron chi connectivity index (χ1n) is 8.29. The minimum atomic E-state index is -0.0941. The number of hydrogen-bond donors (Lipinski definition) is 0. The summed E-state index contributed by atoms with van der Waals surface area (Å²) in [4.78, 5) is 11.7. The molecule has 122 valence electrons. The molecule has 0 spiro atoms. The molecule has 1 aliphatic rings. The SMILES string of the molecule is COC1CCOC(=O)CCCc2cccc(c2)C(C)(C)CC1. The van der Waals surface area contributed by atoms with Crippen molar-refractivity contribution >= 4 is 5.97 Å². The molecule has 3 nitrogen and oxygen atoms in total. The molecule has 0 N–H and O–H groups in total. The van der Waals surface area contributed by atoms with Gasteiger partial charge in [-0.25, -0.2) is 0 Å². The molecule has 1 aliphatic heterocycles. The van der Waals surface area contributed by atoms with Gasteiger partial charge in [-0.05, 0) is 42.2 Å². The van der Waals surface area contributed by atoms with Crippen molar-refractivity contribution < 1.29 is 14.3 Å². The second-order valence-electron chi connectivity index (χ2n) is 6.84. The highest BCUT2D eigenvalue weighted by Crippen LogP contribution is 2.30. The van der Waals surface area contributed by atoms with E-state index in [0.29, 0.717) is 13.0 Å². The molecule has 22 heavy (non-hydrogen) atoms. The molecule has 1 aromatic rings. The third-order valence-corrected chi connectivity index (χ3v) is 4.68. The molecule has 1 atom stereocenters. The molecule has 0 fully saturated rings. The van der Waals surface area contributed by atoms with Gasteiger partial charge in [0.2, 0.25) is 0 Å². The van der Waals surface area contributed by atoms with E-state index in [4.69, 9.17) is 9.47 Å². The molecule has 1 aromatic carbocycles. The van der Waals surface area contributed by atoms with Gasteiger partial charge in [0.05, 0.1) is 12.7 Å². The number of carbonyl (C=O) groups excluding carboxylic acids is 1. The molecule has 0 aromatic heterocycles. The molecule has 0 radical (unpaired) electrons. The largest absolute Gasteiger partial charge is 0.466 e. The lowest BCUT2D eigenvalue weighted by Crippen LogP contribution is -2.23. The van der Waals surface area contributed by atoms with Crippen LogP contribution in [0.2, 0.25) is 0 Å². The molecule has 1 heterocycles. The first-order valence-corrected chi connectivity index (χ1v) is 8.29. The summed E-state index contributed by atoms with van der Waals surface area (Å²) in [6.45, 7) is 5.05. The number of rotatable bonds is 1. The Balaban J connectivity index is 2.17. The van der Waals surface area contributed by atoms with E-state index in [1.165, 1.54) is 11.1 Å². The Hall–Kier alpha value is -1.35. The summed E-state index contributed by atoms with van der Waals surface area (Å²) in [7, 11) is 1.74. The summed E-state index contributed by atoms with van der Waals surface area (Å²) in [6, 6.07) is 8.78. The molecule has 1 unspecified atom stereocenters. The summed E-state index contributed by atoms with van der Waals surface area (Å²) in [6.07, 6.45) is 5.23. The number of fused-ring (bicyclic) bond motifs is 2. The van der Waals surface area contributed by atoms with E-state index in [2.05, 4.69) is 38.1 Å². The second-order valence-corrected chi connectivity index (χ2v) is 6.84.